The van der Waals surface area contributed by atoms with Crippen LogP contribution in [-0.2, 0) is 0 Å². The second kappa shape index (κ2) is 6.23. The van der Waals surface area contributed by atoms with Gasteiger partial charge in [0.1, 0.15) is 0 Å². The molecule has 0 amide bonds. The van der Waals surface area contributed by atoms with Gasteiger partial charge in [-0.2, -0.15) is 0 Å². The first-order valence-corrected chi connectivity index (χ1v) is 8.83. The van der Waals surface area contributed by atoms with Crippen molar-refractivity contribution in [2.75, 3.05) is 0 Å². The van der Waals surface area contributed by atoms with Crippen molar-refractivity contribution in [1.29, 1.82) is 0 Å². The van der Waals surface area contributed by atoms with Crippen molar-refractivity contribution in [3.05, 3.63) is 69.2 Å². The van der Waals surface area contributed by atoms with Crippen molar-refractivity contribution >= 4 is 21.5 Å². The highest BCUT2D eigenvalue weighted by Gasteiger charge is 2.19. The van der Waals surface area contributed by atoms with E-state index in [1.54, 1.807) is 4.57 Å². The van der Waals surface area contributed by atoms with E-state index in [4.69, 9.17) is 0 Å². The second-order valence-electron chi connectivity index (χ2n) is 6.72. The van der Waals surface area contributed by atoms with Crippen LogP contribution in [0, 0.1) is 0 Å². The summed E-state index contributed by atoms with van der Waals surface area (Å²) in [5, 5.41) is 3.00. The monoisotopic (exact) mass is 319 g/mol. The minimum atomic E-state index is -0.140. The molecule has 1 heterocycles. The smallest absolute Gasteiger partial charge is 0.261 e. The first-order chi connectivity index (χ1) is 11.8. The number of hydrogen-bond acceptors (Lipinski definition) is 2. The van der Waals surface area contributed by atoms with Crippen LogP contribution in [0.15, 0.2) is 58.1 Å². The Morgan fingerprint density at radius 2 is 1.04 bits per heavy atom. The number of benzene rings is 2. The number of fused-ring (bicyclic) bond motifs is 3. The number of nitrogens with zero attached hydrogens (tertiary/aromatic N) is 1. The summed E-state index contributed by atoms with van der Waals surface area (Å²) >= 11 is 0. The third-order valence-electron chi connectivity index (χ3n) is 5.23. The Bertz CT molecular complexity index is 939. The van der Waals surface area contributed by atoms with Crippen LogP contribution in [0.1, 0.15) is 44.6 Å². The molecular formula is C21H21NO2. The summed E-state index contributed by atoms with van der Waals surface area (Å²) in [6, 6.07) is 15.2. The maximum absolute atomic E-state index is 13.2. The summed E-state index contributed by atoms with van der Waals surface area (Å²) in [6.07, 6.45) is 6.40. The lowest BCUT2D eigenvalue weighted by molar-refractivity contribution is 0.427. The van der Waals surface area contributed by atoms with Gasteiger partial charge in [-0.15, -0.1) is 0 Å². The topological polar surface area (TPSA) is 39.1 Å². The molecule has 3 aromatic rings. The normalized spacial score (nSPS) is 16.3. The Hall–Kier alpha value is -2.42. The van der Waals surface area contributed by atoms with Gasteiger partial charge in [0.2, 0.25) is 0 Å². The largest absolute Gasteiger partial charge is 0.271 e. The molecule has 0 N–H and O–H groups in total. The molecule has 24 heavy (non-hydrogen) atoms. The summed E-state index contributed by atoms with van der Waals surface area (Å²) < 4.78 is 1.55. The third-order valence-corrected chi connectivity index (χ3v) is 5.23. The molecule has 1 fully saturated rings. The molecule has 0 atom stereocenters. The van der Waals surface area contributed by atoms with E-state index in [9.17, 15) is 9.59 Å². The van der Waals surface area contributed by atoms with E-state index in [1.807, 2.05) is 48.5 Å². The Balaban J connectivity index is 2.16. The fraction of sp³-hybridized carbons (Fsp3) is 0.333. The molecule has 3 heteroatoms. The molecule has 1 aliphatic carbocycles. The zero-order chi connectivity index (χ0) is 16.5. The van der Waals surface area contributed by atoms with Gasteiger partial charge < -0.3 is 0 Å². The highest BCUT2D eigenvalue weighted by Crippen LogP contribution is 2.26. The molecule has 122 valence electrons. The molecular weight excluding hydrogens is 298 g/mol. The zero-order valence-corrected chi connectivity index (χ0v) is 13.7. The fourth-order valence-corrected chi connectivity index (χ4v) is 4.01. The van der Waals surface area contributed by atoms with E-state index in [2.05, 4.69) is 0 Å². The van der Waals surface area contributed by atoms with E-state index < -0.39 is 0 Å². The summed E-state index contributed by atoms with van der Waals surface area (Å²) in [5.74, 6) is 0. The first kappa shape index (κ1) is 15.1. The molecule has 0 radical (unpaired) electrons. The van der Waals surface area contributed by atoms with E-state index >= 15 is 0 Å². The van der Waals surface area contributed by atoms with Crippen LogP contribution in [0.25, 0.3) is 21.5 Å². The quantitative estimate of drug-likeness (QED) is 0.623. The van der Waals surface area contributed by atoms with Crippen molar-refractivity contribution in [3.63, 3.8) is 0 Å². The summed E-state index contributed by atoms with van der Waals surface area (Å²) in [7, 11) is 0. The van der Waals surface area contributed by atoms with Crippen molar-refractivity contribution in [2.45, 2.75) is 44.6 Å². The fourth-order valence-electron chi connectivity index (χ4n) is 4.01. The third kappa shape index (κ3) is 2.44. The van der Waals surface area contributed by atoms with Gasteiger partial charge in [-0.3, -0.25) is 14.2 Å². The number of rotatable bonds is 1. The van der Waals surface area contributed by atoms with Crippen LogP contribution in [-0.4, -0.2) is 4.57 Å². The van der Waals surface area contributed by atoms with E-state index in [-0.39, 0.29) is 17.2 Å². The zero-order valence-electron chi connectivity index (χ0n) is 13.7. The van der Waals surface area contributed by atoms with E-state index in [0.29, 0.717) is 10.8 Å². The van der Waals surface area contributed by atoms with Gasteiger partial charge in [0.05, 0.1) is 0 Å². The Morgan fingerprint density at radius 1 is 0.625 bits per heavy atom. The van der Waals surface area contributed by atoms with Crippen molar-refractivity contribution in [3.8, 4) is 0 Å². The van der Waals surface area contributed by atoms with Gasteiger partial charge in [0, 0.05) is 16.8 Å². The van der Waals surface area contributed by atoms with E-state index in [1.165, 1.54) is 12.8 Å². The molecule has 0 bridgehead atoms. The predicted octanol–water partition coefficient (Wildman–Crippen LogP) is 4.41. The second-order valence-corrected chi connectivity index (χ2v) is 6.72. The van der Waals surface area contributed by atoms with Crippen LogP contribution in [0.3, 0.4) is 0 Å². The molecule has 1 aliphatic rings. The van der Waals surface area contributed by atoms with Gasteiger partial charge in [-0.05, 0) is 35.7 Å². The van der Waals surface area contributed by atoms with Crippen molar-refractivity contribution < 1.29 is 0 Å². The highest BCUT2D eigenvalue weighted by atomic mass is 16.2. The lowest BCUT2D eigenvalue weighted by Gasteiger charge is -2.15. The van der Waals surface area contributed by atoms with Gasteiger partial charge in [-0.25, -0.2) is 0 Å². The van der Waals surface area contributed by atoms with Gasteiger partial charge >= 0.3 is 0 Å². The van der Waals surface area contributed by atoms with Crippen molar-refractivity contribution in [2.24, 2.45) is 0 Å². The minimum absolute atomic E-state index is 0.0201. The summed E-state index contributed by atoms with van der Waals surface area (Å²) in [5.41, 5.74) is -0.280. The maximum Gasteiger partial charge on any atom is 0.261 e. The van der Waals surface area contributed by atoms with Crippen LogP contribution in [0.2, 0.25) is 0 Å². The van der Waals surface area contributed by atoms with Crippen molar-refractivity contribution in [1.82, 2.24) is 4.57 Å². The predicted molar refractivity (Wildman–Crippen MR) is 98.7 cm³/mol. The molecule has 0 spiro atoms. The van der Waals surface area contributed by atoms with Crippen LogP contribution in [0.5, 0.6) is 0 Å². The van der Waals surface area contributed by atoms with Crippen LogP contribution < -0.4 is 11.1 Å². The molecule has 1 saturated carbocycles. The molecule has 3 nitrogen and oxygen atoms in total. The van der Waals surface area contributed by atoms with Crippen LogP contribution in [0.4, 0.5) is 0 Å². The highest BCUT2D eigenvalue weighted by molar-refractivity contribution is 6.05. The Morgan fingerprint density at radius 3 is 1.50 bits per heavy atom. The van der Waals surface area contributed by atoms with Crippen LogP contribution >= 0.6 is 0 Å². The molecule has 4 rings (SSSR count). The average Bonchev–Trinajstić information content (AvgIpc) is 2.94. The Kier molecular flexibility index (Phi) is 3.93. The average molecular weight is 319 g/mol. The lowest BCUT2D eigenvalue weighted by Crippen LogP contribution is -2.33. The van der Waals surface area contributed by atoms with Gasteiger partial charge in [0.25, 0.3) is 11.1 Å². The maximum atomic E-state index is 13.2. The van der Waals surface area contributed by atoms with Gasteiger partial charge in [0.15, 0.2) is 0 Å². The molecule has 0 aliphatic heterocycles. The molecule has 1 aromatic heterocycles. The lowest BCUT2D eigenvalue weighted by atomic mass is 10.1. The Labute approximate surface area is 140 Å². The van der Waals surface area contributed by atoms with Gasteiger partial charge in [-0.1, -0.05) is 62.1 Å². The SMILES string of the molecule is O=c1c2ccccc2c2ccccc2c(=O)n1C1CCCCCC1. The van der Waals surface area contributed by atoms with E-state index in [0.717, 1.165) is 36.5 Å². The number of hydrogen-bond donors (Lipinski definition) is 0. The minimum Gasteiger partial charge on any atom is -0.271 e. The molecule has 0 unspecified atom stereocenters. The standard InChI is InChI=1S/C21H21NO2/c23-20-18-13-7-5-11-16(18)17-12-6-8-14-19(17)21(24)22(20)15-9-3-1-2-4-10-15/h5-8,11-15H,1-4,9-10H2. The number of aromatic nitrogens is 1. The molecule has 0 saturated heterocycles. The first-order valence-electron chi connectivity index (χ1n) is 8.83. The molecule has 2 aromatic carbocycles. The summed E-state index contributed by atoms with van der Waals surface area (Å²) in [4.78, 5) is 26.5. The summed E-state index contributed by atoms with van der Waals surface area (Å²) in [6.45, 7) is 0.